The third-order valence-corrected chi connectivity index (χ3v) is 5.13. The molecule has 6 heteroatoms. The molecular formula is C21H21FN4O. The highest BCUT2D eigenvalue weighted by Gasteiger charge is 2.22. The van der Waals surface area contributed by atoms with E-state index in [1.54, 1.807) is 24.4 Å². The maximum Gasteiger partial charge on any atom is 0.250 e. The summed E-state index contributed by atoms with van der Waals surface area (Å²) in [7, 11) is 0. The van der Waals surface area contributed by atoms with Gasteiger partial charge in [-0.1, -0.05) is 0 Å². The Bertz CT molecular complexity index is 959. The maximum atomic E-state index is 13.4. The van der Waals surface area contributed by atoms with Gasteiger partial charge in [0.1, 0.15) is 5.82 Å². The number of nitrogens with zero attached hydrogens (tertiary/aromatic N) is 1. The minimum Gasteiger partial charge on any atom is -0.366 e. The number of nitrogens with one attached hydrogen (secondary N) is 2. The Morgan fingerprint density at radius 1 is 1.11 bits per heavy atom. The molecule has 1 aromatic carbocycles. The van der Waals surface area contributed by atoms with Gasteiger partial charge in [-0.3, -0.25) is 9.78 Å². The summed E-state index contributed by atoms with van der Waals surface area (Å²) in [6.45, 7) is 1.96. The van der Waals surface area contributed by atoms with Crippen molar-refractivity contribution in [3.63, 3.8) is 0 Å². The molecule has 1 fully saturated rings. The lowest BCUT2D eigenvalue weighted by molar-refractivity contribution is 0.100. The largest absolute Gasteiger partial charge is 0.366 e. The molecule has 138 valence electrons. The molecule has 0 spiro atoms. The zero-order valence-corrected chi connectivity index (χ0v) is 14.8. The summed E-state index contributed by atoms with van der Waals surface area (Å²) in [4.78, 5) is 19.5. The van der Waals surface area contributed by atoms with Crippen LogP contribution in [0.5, 0.6) is 0 Å². The summed E-state index contributed by atoms with van der Waals surface area (Å²) in [5.74, 6) is -0.391. The van der Waals surface area contributed by atoms with E-state index < -0.39 is 5.91 Å². The van der Waals surface area contributed by atoms with Crippen molar-refractivity contribution in [1.29, 1.82) is 0 Å². The Morgan fingerprint density at radius 2 is 1.85 bits per heavy atom. The third kappa shape index (κ3) is 3.48. The first kappa shape index (κ1) is 17.4. The van der Waals surface area contributed by atoms with Gasteiger partial charge in [0.2, 0.25) is 0 Å². The zero-order valence-electron chi connectivity index (χ0n) is 14.8. The molecule has 2 aromatic heterocycles. The van der Waals surface area contributed by atoms with Gasteiger partial charge in [-0.05, 0) is 73.5 Å². The number of halogens is 1. The van der Waals surface area contributed by atoms with Gasteiger partial charge in [0.15, 0.2) is 0 Å². The molecule has 0 aliphatic carbocycles. The van der Waals surface area contributed by atoms with Crippen LogP contribution in [-0.4, -0.2) is 29.0 Å². The second kappa shape index (κ2) is 7.32. The van der Waals surface area contributed by atoms with Crippen LogP contribution in [0, 0.1) is 5.82 Å². The number of piperidine rings is 1. The highest BCUT2D eigenvalue weighted by molar-refractivity contribution is 6.01. The van der Waals surface area contributed by atoms with Crippen LogP contribution in [0.25, 0.3) is 22.4 Å². The average molecular weight is 364 g/mol. The van der Waals surface area contributed by atoms with Crippen molar-refractivity contribution < 1.29 is 9.18 Å². The normalized spacial score (nSPS) is 15.0. The number of hydrogen-bond acceptors (Lipinski definition) is 3. The van der Waals surface area contributed by atoms with E-state index in [1.165, 1.54) is 18.3 Å². The number of aromatic nitrogens is 2. The van der Waals surface area contributed by atoms with Crippen LogP contribution in [0.3, 0.4) is 0 Å². The number of H-pyrrole nitrogens is 1. The van der Waals surface area contributed by atoms with E-state index in [0.717, 1.165) is 54.0 Å². The molecule has 4 N–H and O–H groups in total. The Morgan fingerprint density at radius 3 is 2.56 bits per heavy atom. The number of aromatic amines is 1. The quantitative estimate of drug-likeness (QED) is 0.663. The standard InChI is InChI=1S/C21H21FN4O/c22-15-3-1-14(2-4-15)20-17(16-7-10-25-12-18(16)21(23)27)11-19(26-20)13-5-8-24-9-6-13/h1-4,7,10-13,24,26H,5-6,8-9H2,(H2,23,27). The molecular weight excluding hydrogens is 343 g/mol. The van der Waals surface area contributed by atoms with E-state index in [9.17, 15) is 9.18 Å². The van der Waals surface area contributed by atoms with Crippen molar-refractivity contribution >= 4 is 5.91 Å². The summed E-state index contributed by atoms with van der Waals surface area (Å²) in [5, 5.41) is 3.37. The number of rotatable bonds is 4. The smallest absolute Gasteiger partial charge is 0.250 e. The fourth-order valence-electron chi connectivity index (χ4n) is 3.71. The molecule has 1 saturated heterocycles. The van der Waals surface area contributed by atoms with E-state index >= 15 is 0 Å². The minimum absolute atomic E-state index is 0.285. The molecule has 1 amide bonds. The number of primary amides is 1. The topological polar surface area (TPSA) is 83.8 Å². The van der Waals surface area contributed by atoms with Crippen LogP contribution in [0.15, 0.2) is 48.8 Å². The predicted octanol–water partition coefficient (Wildman–Crippen LogP) is 3.45. The Labute approximate surface area is 156 Å². The number of nitrogens with two attached hydrogens (primary N) is 1. The van der Waals surface area contributed by atoms with Gasteiger partial charge in [0.05, 0.1) is 11.3 Å². The van der Waals surface area contributed by atoms with Crippen molar-refractivity contribution in [2.24, 2.45) is 5.73 Å². The lowest BCUT2D eigenvalue weighted by atomic mass is 9.93. The Hall–Kier alpha value is -2.99. The molecule has 4 rings (SSSR count). The lowest BCUT2D eigenvalue weighted by Gasteiger charge is -2.21. The number of hydrogen-bond donors (Lipinski definition) is 3. The van der Waals surface area contributed by atoms with Crippen molar-refractivity contribution in [2.75, 3.05) is 13.1 Å². The molecule has 5 nitrogen and oxygen atoms in total. The molecule has 0 bridgehead atoms. The van der Waals surface area contributed by atoms with Gasteiger partial charge in [-0.25, -0.2) is 4.39 Å². The number of benzene rings is 1. The number of carbonyl (C=O) groups is 1. The Balaban J connectivity index is 1.87. The average Bonchev–Trinajstić information content (AvgIpc) is 3.14. The second-order valence-electron chi connectivity index (χ2n) is 6.83. The summed E-state index contributed by atoms with van der Waals surface area (Å²) in [6.07, 6.45) is 5.22. The van der Waals surface area contributed by atoms with E-state index in [4.69, 9.17) is 5.73 Å². The van der Waals surface area contributed by atoms with E-state index in [-0.39, 0.29) is 5.82 Å². The first-order valence-electron chi connectivity index (χ1n) is 9.07. The molecule has 0 atom stereocenters. The molecule has 27 heavy (non-hydrogen) atoms. The highest BCUT2D eigenvalue weighted by Crippen LogP contribution is 2.37. The maximum absolute atomic E-state index is 13.4. The van der Waals surface area contributed by atoms with Crippen molar-refractivity contribution in [2.45, 2.75) is 18.8 Å². The first-order chi connectivity index (χ1) is 13.1. The fraction of sp³-hybridized carbons (Fsp3) is 0.238. The van der Waals surface area contributed by atoms with Gasteiger partial charge < -0.3 is 16.0 Å². The second-order valence-corrected chi connectivity index (χ2v) is 6.83. The molecule has 0 radical (unpaired) electrons. The van der Waals surface area contributed by atoms with Crippen LogP contribution >= 0.6 is 0 Å². The van der Waals surface area contributed by atoms with Crippen LogP contribution in [0.4, 0.5) is 4.39 Å². The van der Waals surface area contributed by atoms with E-state index in [1.807, 2.05) is 0 Å². The van der Waals surface area contributed by atoms with Crippen LogP contribution in [0.1, 0.15) is 34.8 Å². The number of amides is 1. The van der Waals surface area contributed by atoms with Gasteiger partial charge in [0, 0.05) is 29.6 Å². The summed E-state index contributed by atoms with van der Waals surface area (Å²) in [6, 6.07) is 10.2. The molecule has 3 aromatic rings. The van der Waals surface area contributed by atoms with E-state index in [0.29, 0.717) is 11.5 Å². The predicted molar refractivity (Wildman–Crippen MR) is 103 cm³/mol. The van der Waals surface area contributed by atoms with Gasteiger partial charge in [-0.15, -0.1) is 0 Å². The molecule has 1 aliphatic rings. The van der Waals surface area contributed by atoms with Gasteiger partial charge in [-0.2, -0.15) is 0 Å². The third-order valence-electron chi connectivity index (χ3n) is 5.13. The monoisotopic (exact) mass is 364 g/mol. The molecule has 0 saturated carbocycles. The zero-order chi connectivity index (χ0) is 18.8. The molecule has 0 unspecified atom stereocenters. The van der Waals surface area contributed by atoms with Crippen molar-refractivity contribution in [3.05, 3.63) is 65.9 Å². The number of pyridine rings is 1. The van der Waals surface area contributed by atoms with Crippen LogP contribution in [0.2, 0.25) is 0 Å². The summed E-state index contributed by atoms with van der Waals surface area (Å²) < 4.78 is 13.4. The minimum atomic E-state index is -0.521. The van der Waals surface area contributed by atoms with Crippen molar-refractivity contribution in [3.8, 4) is 22.4 Å². The number of carbonyl (C=O) groups excluding carboxylic acids is 1. The van der Waals surface area contributed by atoms with E-state index in [2.05, 4.69) is 21.4 Å². The first-order valence-corrected chi connectivity index (χ1v) is 9.07. The van der Waals surface area contributed by atoms with Crippen LogP contribution in [-0.2, 0) is 0 Å². The van der Waals surface area contributed by atoms with Crippen molar-refractivity contribution in [1.82, 2.24) is 15.3 Å². The highest BCUT2D eigenvalue weighted by atomic mass is 19.1. The Kier molecular flexibility index (Phi) is 4.73. The fourth-order valence-corrected chi connectivity index (χ4v) is 3.71. The summed E-state index contributed by atoms with van der Waals surface area (Å²) in [5.41, 5.74) is 10.4. The molecule has 1 aliphatic heterocycles. The van der Waals surface area contributed by atoms with Crippen LogP contribution < -0.4 is 11.1 Å². The summed E-state index contributed by atoms with van der Waals surface area (Å²) >= 11 is 0. The lowest BCUT2D eigenvalue weighted by Crippen LogP contribution is -2.26. The SMILES string of the molecule is NC(=O)c1cnccc1-c1cc(C2CCNCC2)[nH]c1-c1ccc(F)cc1. The van der Waals surface area contributed by atoms with Gasteiger partial charge in [0.25, 0.3) is 5.91 Å². The molecule has 3 heterocycles. The van der Waals surface area contributed by atoms with Gasteiger partial charge >= 0.3 is 0 Å².